The molecule has 0 aliphatic carbocycles. The summed E-state index contributed by atoms with van der Waals surface area (Å²) >= 11 is 0. The molecule has 98 valence electrons. The predicted molar refractivity (Wildman–Crippen MR) is 76.7 cm³/mol. The fourth-order valence-electron chi connectivity index (χ4n) is 1.93. The Balaban J connectivity index is 0.00000128. The normalized spacial score (nSPS) is 14.8. The highest BCUT2D eigenvalue weighted by Gasteiger charge is 2.10. The van der Waals surface area contributed by atoms with Gasteiger partial charge >= 0.3 is 0 Å². The number of anilines is 1. The van der Waals surface area contributed by atoms with E-state index in [1.54, 1.807) is 7.11 Å². The smallest absolute Gasteiger partial charge is 0.0713 e. The van der Waals surface area contributed by atoms with Crippen LogP contribution in [0.1, 0.15) is 5.56 Å². The van der Waals surface area contributed by atoms with Crippen LogP contribution in [0, 0.1) is 0 Å². The molecule has 0 unspecified atom stereocenters. The lowest BCUT2D eigenvalue weighted by Crippen LogP contribution is -2.43. The number of piperazine rings is 1. The molecule has 1 fully saturated rings. The molecule has 0 bridgehead atoms. The Kier molecular flexibility index (Phi) is 8.35. The molecule has 1 aromatic rings. The minimum Gasteiger partial charge on any atom is -0.380 e. The zero-order chi connectivity index (χ0) is 10.5. The molecule has 1 aliphatic heterocycles. The van der Waals surface area contributed by atoms with Crippen molar-refractivity contribution in [2.24, 2.45) is 0 Å². The summed E-state index contributed by atoms with van der Waals surface area (Å²) in [7, 11) is 1.73. The van der Waals surface area contributed by atoms with Crippen molar-refractivity contribution in [2.45, 2.75) is 6.61 Å². The molecule has 0 spiro atoms. The number of benzene rings is 1. The summed E-state index contributed by atoms with van der Waals surface area (Å²) < 4.78 is 5.14. The van der Waals surface area contributed by atoms with Gasteiger partial charge in [0, 0.05) is 39.0 Å². The Bertz CT molecular complexity index is 317. The predicted octanol–water partition coefficient (Wildman–Crippen LogP) is 2.09. The standard InChI is InChI=1S/C12H18N2O.2ClH/c1-15-10-11-3-2-4-12(9-11)14-7-5-13-6-8-14;;/h2-4,9,13H,5-8,10H2,1H3;2*1H. The Hall–Kier alpha value is -0.480. The molecule has 0 amide bonds. The highest BCUT2D eigenvalue weighted by Crippen LogP contribution is 2.17. The maximum Gasteiger partial charge on any atom is 0.0713 e. The Labute approximate surface area is 115 Å². The van der Waals surface area contributed by atoms with E-state index in [9.17, 15) is 0 Å². The maximum absolute atomic E-state index is 5.14. The van der Waals surface area contributed by atoms with Crippen LogP contribution >= 0.6 is 24.8 Å². The molecular weight excluding hydrogens is 259 g/mol. The van der Waals surface area contributed by atoms with Gasteiger partial charge in [-0.2, -0.15) is 0 Å². The quantitative estimate of drug-likeness (QED) is 0.917. The monoisotopic (exact) mass is 278 g/mol. The highest BCUT2D eigenvalue weighted by atomic mass is 35.5. The molecule has 1 heterocycles. The largest absolute Gasteiger partial charge is 0.380 e. The average molecular weight is 279 g/mol. The molecule has 17 heavy (non-hydrogen) atoms. The first-order chi connectivity index (χ1) is 7.40. The molecule has 1 aromatic carbocycles. The zero-order valence-electron chi connectivity index (χ0n) is 10.0. The van der Waals surface area contributed by atoms with Crippen molar-refractivity contribution in [3.05, 3.63) is 29.8 Å². The van der Waals surface area contributed by atoms with E-state index in [-0.39, 0.29) is 24.8 Å². The van der Waals surface area contributed by atoms with Gasteiger partial charge in [-0.3, -0.25) is 0 Å². The molecule has 2 rings (SSSR count). The van der Waals surface area contributed by atoms with Gasteiger partial charge in [0.05, 0.1) is 6.61 Å². The highest BCUT2D eigenvalue weighted by molar-refractivity contribution is 5.85. The van der Waals surface area contributed by atoms with Crippen molar-refractivity contribution in [2.75, 3.05) is 38.2 Å². The van der Waals surface area contributed by atoms with E-state index in [1.807, 2.05) is 0 Å². The maximum atomic E-state index is 5.14. The van der Waals surface area contributed by atoms with Crippen LogP contribution in [0.15, 0.2) is 24.3 Å². The van der Waals surface area contributed by atoms with Crippen LogP contribution < -0.4 is 10.2 Å². The molecule has 3 nitrogen and oxygen atoms in total. The van der Waals surface area contributed by atoms with Gasteiger partial charge in [-0.15, -0.1) is 24.8 Å². The fourth-order valence-corrected chi connectivity index (χ4v) is 1.93. The summed E-state index contributed by atoms with van der Waals surface area (Å²) in [5.74, 6) is 0. The van der Waals surface area contributed by atoms with Crippen LogP contribution in [-0.2, 0) is 11.3 Å². The Morgan fingerprint density at radius 3 is 2.59 bits per heavy atom. The van der Waals surface area contributed by atoms with Crippen molar-refractivity contribution < 1.29 is 4.74 Å². The molecule has 5 heteroatoms. The molecular formula is C12H20Cl2N2O. The van der Waals surface area contributed by atoms with Gasteiger partial charge in [0.2, 0.25) is 0 Å². The van der Waals surface area contributed by atoms with Crippen molar-refractivity contribution in [1.82, 2.24) is 5.32 Å². The zero-order valence-corrected chi connectivity index (χ0v) is 11.6. The molecule has 1 N–H and O–H groups in total. The van der Waals surface area contributed by atoms with Crippen LogP contribution in [0.4, 0.5) is 5.69 Å². The van der Waals surface area contributed by atoms with Gasteiger partial charge in [0.25, 0.3) is 0 Å². The second-order valence-corrected chi connectivity index (χ2v) is 3.84. The van der Waals surface area contributed by atoms with Gasteiger partial charge in [-0.1, -0.05) is 12.1 Å². The van der Waals surface area contributed by atoms with E-state index in [0.29, 0.717) is 6.61 Å². The van der Waals surface area contributed by atoms with Crippen LogP contribution in [-0.4, -0.2) is 33.3 Å². The fraction of sp³-hybridized carbons (Fsp3) is 0.500. The summed E-state index contributed by atoms with van der Waals surface area (Å²) in [5.41, 5.74) is 2.56. The van der Waals surface area contributed by atoms with E-state index in [1.165, 1.54) is 11.3 Å². The summed E-state index contributed by atoms with van der Waals surface area (Å²) in [5, 5.41) is 3.36. The van der Waals surface area contributed by atoms with Crippen molar-refractivity contribution >= 4 is 30.5 Å². The van der Waals surface area contributed by atoms with Gasteiger partial charge < -0.3 is 15.0 Å². The van der Waals surface area contributed by atoms with Crippen molar-refractivity contribution in [3.63, 3.8) is 0 Å². The van der Waals surface area contributed by atoms with Crippen molar-refractivity contribution in [1.29, 1.82) is 0 Å². The van der Waals surface area contributed by atoms with E-state index >= 15 is 0 Å². The van der Waals surface area contributed by atoms with Crippen LogP contribution in [0.25, 0.3) is 0 Å². The molecule has 0 atom stereocenters. The summed E-state index contributed by atoms with van der Waals surface area (Å²) in [6.07, 6.45) is 0. The first-order valence-corrected chi connectivity index (χ1v) is 5.44. The third-order valence-electron chi connectivity index (χ3n) is 2.70. The van der Waals surface area contributed by atoms with Gasteiger partial charge in [0.1, 0.15) is 0 Å². The molecule has 1 aliphatic rings. The number of nitrogens with zero attached hydrogens (tertiary/aromatic N) is 1. The lowest BCUT2D eigenvalue weighted by atomic mass is 10.2. The average Bonchev–Trinajstić information content (AvgIpc) is 2.31. The summed E-state index contributed by atoms with van der Waals surface area (Å²) in [6, 6.07) is 8.60. The summed E-state index contributed by atoms with van der Waals surface area (Å²) in [4.78, 5) is 2.41. The number of ether oxygens (including phenoxy) is 1. The minimum atomic E-state index is 0. The number of halogens is 2. The number of methoxy groups -OCH3 is 1. The van der Waals surface area contributed by atoms with Crippen molar-refractivity contribution in [3.8, 4) is 0 Å². The lowest BCUT2D eigenvalue weighted by Gasteiger charge is -2.29. The van der Waals surface area contributed by atoms with E-state index in [2.05, 4.69) is 34.5 Å². The van der Waals surface area contributed by atoms with Gasteiger partial charge in [-0.25, -0.2) is 0 Å². The number of hydrogen-bond donors (Lipinski definition) is 1. The summed E-state index contributed by atoms with van der Waals surface area (Å²) in [6.45, 7) is 5.04. The third kappa shape index (κ3) is 4.72. The Morgan fingerprint density at radius 1 is 1.24 bits per heavy atom. The topological polar surface area (TPSA) is 24.5 Å². The third-order valence-corrected chi connectivity index (χ3v) is 2.70. The molecule has 0 saturated carbocycles. The van der Waals surface area contributed by atoms with Crippen LogP contribution in [0.3, 0.4) is 0 Å². The molecule has 0 radical (unpaired) electrons. The van der Waals surface area contributed by atoms with E-state index in [0.717, 1.165) is 26.2 Å². The SMILES string of the molecule is COCc1cccc(N2CCNCC2)c1.Cl.Cl. The van der Waals surface area contributed by atoms with Gasteiger partial charge in [0.15, 0.2) is 0 Å². The minimum absolute atomic E-state index is 0. The Morgan fingerprint density at radius 2 is 1.94 bits per heavy atom. The number of nitrogens with one attached hydrogen (secondary N) is 1. The molecule has 0 aromatic heterocycles. The number of hydrogen-bond acceptors (Lipinski definition) is 3. The van der Waals surface area contributed by atoms with Gasteiger partial charge in [-0.05, 0) is 17.7 Å². The first kappa shape index (κ1) is 16.5. The van der Waals surface area contributed by atoms with E-state index < -0.39 is 0 Å². The number of rotatable bonds is 3. The first-order valence-electron chi connectivity index (χ1n) is 5.44. The van der Waals surface area contributed by atoms with E-state index in [4.69, 9.17) is 4.74 Å². The second kappa shape index (κ2) is 8.59. The lowest BCUT2D eigenvalue weighted by molar-refractivity contribution is 0.185. The van der Waals surface area contributed by atoms with Crippen LogP contribution in [0.5, 0.6) is 0 Å². The van der Waals surface area contributed by atoms with Crippen LogP contribution in [0.2, 0.25) is 0 Å². The molecule has 1 saturated heterocycles. The second-order valence-electron chi connectivity index (χ2n) is 3.84.